The predicted molar refractivity (Wildman–Crippen MR) is 116 cm³/mol. The van der Waals surface area contributed by atoms with Crippen LogP contribution in [-0.4, -0.2) is 79.6 Å². The molecule has 0 aromatic rings. The Kier molecular flexibility index (Phi) is 6.87. The molecule has 3 saturated heterocycles. The van der Waals surface area contributed by atoms with Gasteiger partial charge in [-0.2, -0.15) is 0 Å². The minimum atomic E-state index is -0.963. The molecular formula is C22H34N2O5S. The van der Waals surface area contributed by atoms with E-state index in [9.17, 15) is 24.6 Å². The van der Waals surface area contributed by atoms with Gasteiger partial charge >= 0.3 is 5.97 Å². The number of likely N-dealkylation sites (tertiary alicyclic amines) is 1. The zero-order chi connectivity index (χ0) is 22.2. The maximum atomic E-state index is 13.9. The van der Waals surface area contributed by atoms with Gasteiger partial charge in [-0.25, -0.2) is 0 Å². The molecule has 0 saturated carbocycles. The Bertz CT molecular complexity index is 716. The molecule has 3 heterocycles. The zero-order valence-corrected chi connectivity index (χ0v) is 18.9. The van der Waals surface area contributed by atoms with Crippen LogP contribution < -0.4 is 0 Å². The first kappa shape index (κ1) is 23.1. The highest BCUT2D eigenvalue weighted by Gasteiger charge is 2.76. The van der Waals surface area contributed by atoms with Gasteiger partial charge in [-0.05, 0) is 25.7 Å². The average molecular weight is 439 g/mol. The summed E-state index contributed by atoms with van der Waals surface area (Å²) >= 11 is 1.53. The van der Waals surface area contributed by atoms with Gasteiger partial charge < -0.3 is 20.0 Å². The van der Waals surface area contributed by atoms with Gasteiger partial charge in [0.2, 0.25) is 11.8 Å². The maximum Gasteiger partial charge on any atom is 0.308 e. The van der Waals surface area contributed by atoms with E-state index in [2.05, 4.69) is 13.5 Å². The van der Waals surface area contributed by atoms with Crippen molar-refractivity contribution in [3.63, 3.8) is 0 Å². The van der Waals surface area contributed by atoms with E-state index >= 15 is 0 Å². The van der Waals surface area contributed by atoms with Gasteiger partial charge in [0.25, 0.3) is 0 Å². The third kappa shape index (κ3) is 3.36. The fourth-order valence-electron chi connectivity index (χ4n) is 5.76. The van der Waals surface area contributed by atoms with E-state index < -0.39 is 34.6 Å². The number of hydrogen-bond acceptors (Lipinski definition) is 5. The molecule has 0 aromatic carbocycles. The minimum absolute atomic E-state index is 0.0446. The highest BCUT2D eigenvalue weighted by Crippen LogP contribution is 2.68. The molecule has 3 rings (SSSR count). The summed E-state index contributed by atoms with van der Waals surface area (Å²) in [5.41, 5.74) is 0. The molecule has 3 fully saturated rings. The van der Waals surface area contributed by atoms with Crippen molar-refractivity contribution in [1.82, 2.24) is 9.80 Å². The number of carboxylic acids is 1. The number of unbranched alkanes of at least 4 members (excludes halogenated alkanes) is 2. The van der Waals surface area contributed by atoms with E-state index in [0.717, 1.165) is 19.3 Å². The van der Waals surface area contributed by atoms with E-state index in [0.29, 0.717) is 19.5 Å². The number of carbonyl (C=O) groups excluding carboxylic acids is 2. The molecule has 2 amide bonds. The molecule has 3 aliphatic rings. The number of rotatable bonds is 10. The number of amides is 2. The predicted octanol–water partition coefficient (Wildman–Crippen LogP) is 1.99. The van der Waals surface area contributed by atoms with E-state index in [1.807, 2.05) is 6.92 Å². The largest absolute Gasteiger partial charge is 0.481 e. The Morgan fingerprint density at radius 3 is 2.70 bits per heavy atom. The lowest BCUT2D eigenvalue weighted by molar-refractivity contribution is -0.149. The smallest absolute Gasteiger partial charge is 0.308 e. The van der Waals surface area contributed by atoms with Crippen LogP contribution in [0, 0.1) is 17.8 Å². The Morgan fingerprint density at radius 2 is 2.13 bits per heavy atom. The van der Waals surface area contributed by atoms with E-state index in [1.165, 1.54) is 16.7 Å². The molecule has 1 spiro atoms. The van der Waals surface area contributed by atoms with E-state index in [1.54, 1.807) is 17.9 Å². The van der Waals surface area contributed by atoms with Gasteiger partial charge in [-0.1, -0.05) is 32.8 Å². The van der Waals surface area contributed by atoms with Crippen molar-refractivity contribution in [3.05, 3.63) is 12.7 Å². The van der Waals surface area contributed by atoms with Crippen molar-refractivity contribution < 1.29 is 24.6 Å². The summed E-state index contributed by atoms with van der Waals surface area (Å²) < 4.78 is -0.754. The topological polar surface area (TPSA) is 98.2 Å². The molecule has 3 aliphatic heterocycles. The average Bonchev–Trinajstić information content (AvgIpc) is 3.30. The Labute approximate surface area is 182 Å². The Balaban J connectivity index is 2.04. The quantitative estimate of drug-likeness (QED) is 0.400. The highest BCUT2D eigenvalue weighted by molar-refractivity contribution is 8.02. The molecule has 30 heavy (non-hydrogen) atoms. The minimum Gasteiger partial charge on any atom is -0.481 e. The lowest BCUT2D eigenvalue weighted by atomic mass is 9.66. The highest BCUT2D eigenvalue weighted by atomic mass is 32.2. The summed E-state index contributed by atoms with van der Waals surface area (Å²) in [4.78, 5) is 42.8. The van der Waals surface area contributed by atoms with Gasteiger partial charge in [-0.3, -0.25) is 14.4 Å². The third-order valence-corrected chi connectivity index (χ3v) is 9.21. The molecule has 7 nitrogen and oxygen atoms in total. The molecule has 7 atom stereocenters. The molecule has 168 valence electrons. The number of aliphatic carboxylic acids is 1. The number of hydrogen-bond donors (Lipinski definition) is 2. The first-order valence-corrected chi connectivity index (χ1v) is 11.9. The summed E-state index contributed by atoms with van der Waals surface area (Å²) in [6.07, 6.45) is 5.29. The van der Waals surface area contributed by atoms with Crippen LogP contribution in [-0.2, 0) is 14.4 Å². The fraction of sp³-hybridized carbons (Fsp3) is 0.773. The van der Waals surface area contributed by atoms with Crippen LogP contribution in [0.25, 0.3) is 0 Å². The fourth-order valence-corrected chi connectivity index (χ4v) is 8.15. The second kappa shape index (κ2) is 8.91. The molecule has 2 bridgehead atoms. The second-order valence-electron chi connectivity index (χ2n) is 8.95. The second-order valence-corrected chi connectivity index (χ2v) is 10.5. The standard InChI is InChI=1S/C22H34N2O5S/c1-5-7-8-10-23(9-6-2)20(27)18-22-13(3)11-15(30-22)16(21(28)29)17(22)19(26)24(18)14(4)12-25/h6,13-18,25H,2,5,7-12H2,1,3-4H3,(H,28,29)/t13?,14-,15+,16-,17+,18?,22?/m1/s1. The van der Waals surface area contributed by atoms with Crippen molar-refractivity contribution in [2.75, 3.05) is 19.7 Å². The normalized spacial score (nSPS) is 35.4. The van der Waals surface area contributed by atoms with Gasteiger partial charge in [0.05, 0.1) is 29.2 Å². The monoisotopic (exact) mass is 438 g/mol. The number of fused-ring (bicyclic) bond motifs is 1. The molecule has 2 N–H and O–H groups in total. The number of aliphatic hydroxyl groups excluding tert-OH is 1. The first-order chi connectivity index (χ1) is 14.3. The Morgan fingerprint density at radius 1 is 1.43 bits per heavy atom. The van der Waals surface area contributed by atoms with Crippen LogP contribution in [0.2, 0.25) is 0 Å². The van der Waals surface area contributed by atoms with Crippen molar-refractivity contribution in [3.8, 4) is 0 Å². The summed E-state index contributed by atoms with van der Waals surface area (Å²) in [5.74, 6) is -2.86. The zero-order valence-electron chi connectivity index (χ0n) is 18.1. The van der Waals surface area contributed by atoms with Gasteiger partial charge in [0.15, 0.2) is 0 Å². The van der Waals surface area contributed by atoms with Crippen molar-refractivity contribution >= 4 is 29.5 Å². The van der Waals surface area contributed by atoms with Crippen molar-refractivity contribution in [1.29, 1.82) is 0 Å². The number of thioether (sulfide) groups is 1. The van der Waals surface area contributed by atoms with Crippen molar-refractivity contribution in [2.45, 2.75) is 68.5 Å². The molecule has 8 heteroatoms. The SMILES string of the molecule is C=CCN(CCCCC)C(=O)C1N([C@H](C)CO)C(=O)[C@@H]2[C@H](C(=O)O)[C@@H]3CC(C)C12S3. The first-order valence-electron chi connectivity index (χ1n) is 11.0. The lowest BCUT2D eigenvalue weighted by Crippen LogP contribution is -2.58. The maximum absolute atomic E-state index is 13.9. The molecule has 0 aliphatic carbocycles. The van der Waals surface area contributed by atoms with Crippen LogP contribution in [0.1, 0.15) is 46.5 Å². The summed E-state index contributed by atoms with van der Waals surface area (Å²) in [5, 5.41) is 19.6. The number of carboxylic acid groups (broad SMARTS) is 1. The summed E-state index contributed by atoms with van der Waals surface area (Å²) in [6.45, 7) is 10.4. The van der Waals surface area contributed by atoms with Gasteiger partial charge in [0, 0.05) is 18.3 Å². The van der Waals surface area contributed by atoms with Crippen LogP contribution in [0.5, 0.6) is 0 Å². The van der Waals surface area contributed by atoms with Crippen molar-refractivity contribution in [2.24, 2.45) is 17.8 Å². The van der Waals surface area contributed by atoms with Gasteiger partial charge in [0.1, 0.15) is 6.04 Å². The molecule has 0 radical (unpaired) electrons. The third-order valence-electron chi connectivity index (χ3n) is 7.13. The Hall–Kier alpha value is -1.54. The number of carbonyl (C=O) groups is 3. The molecular weight excluding hydrogens is 404 g/mol. The van der Waals surface area contributed by atoms with Crippen LogP contribution >= 0.6 is 11.8 Å². The number of aliphatic hydroxyl groups is 1. The van der Waals surface area contributed by atoms with E-state index in [4.69, 9.17) is 0 Å². The molecule has 0 aromatic heterocycles. The number of nitrogens with zero attached hydrogens (tertiary/aromatic N) is 2. The van der Waals surface area contributed by atoms with Crippen LogP contribution in [0.15, 0.2) is 12.7 Å². The summed E-state index contributed by atoms with van der Waals surface area (Å²) in [7, 11) is 0. The van der Waals surface area contributed by atoms with Crippen LogP contribution in [0.3, 0.4) is 0 Å². The summed E-state index contributed by atoms with van der Waals surface area (Å²) in [6, 6.07) is -1.30. The van der Waals surface area contributed by atoms with Crippen LogP contribution in [0.4, 0.5) is 0 Å². The van der Waals surface area contributed by atoms with Gasteiger partial charge in [-0.15, -0.1) is 18.3 Å². The lowest BCUT2D eigenvalue weighted by Gasteiger charge is -2.41. The van der Waals surface area contributed by atoms with E-state index in [-0.39, 0.29) is 29.6 Å². The molecule has 3 unspecified atom stereocenters.